The van der Waals surface area contributed by atoms with E-state index in [0.717, 1.165) is 38.2 Å². The van der Waals surface area contributed by atoms with Crippen molar-refractivity contribution in [2.75, 3.05) is 19.6 Å². The Kier molecular flexibility index (Phi) is 5.59. The van der Waals surface area contributed by atoms with Crippen molar-refractivity contribution < 1.29 is 9.21 Å². The summed E-state index contributed by atoms with van der Waals surface area (Å²) in [6, 6.07) is 13.1. The highest BCUT2D eigenvalue weighted by molar-refractivity contribution is 5.94. The molecule has 0 unspecified atom stereocenters. The summed E-state index contributed by atoms with van der Waals surface area (Å²) in [6.07, 6.45) is 3.83. The van der Waals surface area contributed by atoms with Gasteiger partial charge in [0.2, 0.25) is 0 Å². The van der Waals surface area contributed by atoms with Gasteiger partial charge in [-0.3, -0.25) is 9.69 Å². The summed E-state index contributed by atoms with van der Waals surface area (Å²) in [4.78, 5) is 17.2. The highest BCUT2D eigenvalue weighted by Gasteiger charge is 2.32. The smallest absolute Gasteiger partial charge is 0.257 e. The normalized spacial score (nSPS) is 21.5. The molecule has 0 spiro atoms. The fraction of sp³-hybridized carbons (Fsp3) is 0.476. The van der Waals surface area contributed by atoms with Crippen molar-refractivity contribution in [2.45, 2.75) is 45.7 Å². The van der Waals surface area contributed by atoms with E-state index in [4.69, 9.17) is 4.42 Å². The second-order valence-corrected chi connectivity index (χ2v) is 7.19. The Hall–Kier alpha value is -2.07. The summed E-state index contributed by atoms with van der Waals surface area (Å²) < 4.78 is 5.30. The van der Waals surface area contributed by atoms with E-state index in [1.54, 1.807) is 6.26 Å². The molecule has 0 aliphatic carbocycles. The minimum absolute atomic E-state index is 0.0835. The summed E-state index contributed by atoms with van der Waals surface area (Å²) in [6.45, 7) is 9.01. The van der Waals surface area contributed by atoms with Crippen LogP contribution in [0, 0.1) is 6.92 Å². The number of rotatable bonds is 5. The van der Waals surface area contributed by atoms with Gasteiger partial charge in [-0.2, -0.15) is 0 Å². The van der Waals surface area contributed by atoms with Gasteiger partial charge in [0, 0.05) is 25.2 Å². The molecule has 3 rings (SSSR count). The van der Waals surface area contributed by atoms with E-state index in [1.807, 2.05) is 17.9 Å². The number of furan rings is 1. The number of benzene rings is 1. The van der Waals surface area contributed by atoms with Crippen molar-refractivity contribution in [1.82, 2.24) is 9.80 Å². The molecule has 1 aromatic heterocycles. The summed E-state index contributed by atoms with van der Waals surface area (Å²) in [5.74, 6) is 0.865. The molecule has 1 aromatic carbocycles. The van der Waals surface area contributed by atoms with E-state index in [1.165, 1.54) is 5.56 Å². The van der Waals surface area contributed by atoms with Gasteiger partial charge in [-0.15, -0.1) is 0 Å². The van der Waals surface area contributed by atoms with Crippen molar-refractivity contribution >= 4 is 5.91 Å². The topological polar surface area (TPSA) is 36.7 Å². The minimum atomic E-state index is 0.0835. The second kappa shape index (κ2) is 7.87. The number of carbonyl (C=O) groups excluding carboxylic acids is 1. The van der Waals surface area contributed by atoms with Crippen LogP contribution in [0.4, 0.5) is 0 Å². The van der Waals surface area contributed by atoms with Gasteiger partial charge in [0.15, 0.2) is 0 Å². The predicted octanol–water partition coefficient (Wildman–Crippen LogP) is 3.76. The molecule has 0 saturated carbocycles. The highest BCUT2D eigenvalue weighted by atomic mass is 16.3. The molecular formula is C21H28N2O2. The van der Waals surface area contributed by atoms with E-state index in [2.05, 4.69) is 49.1 Å². The zero-order valence-corrected chi connectivity index (χ0v) is 15.4. The SMILES string of the molecule is Cc1cc(C(=O)N2C[C@H](C)N(CCCc3ccccc3)C[C@H]2C)co1. The molecule has 2 heterocycles. The first-order chi connectivity index (χ1) is 12.0. The number of amides is 1. The molecule has 1 aliphatic heterocycles. The van der Waals surface area contributed by atoms with E-state index in [0.29, 0.717) is 11.6 Å². The molecule has 1 fully saturated rings. The molecular weight excluding hydrogens is 312 g/mol. The number of aryl methyl sites for hydroxylation is 2. The van der Waals surface area contributed by atoms with Gasteiger partial charge < -0.3 is 9.32 Å². The van der Waals surface area contributed by atoms with Crippen molar-refractivity contribution in [2.24, 2.45) is 0 Å². The van der Waals surface area contributed by atoms with Crippen molar-refractivity contribution in [3.63, 3.8) is 0 Å². The average molecular weight is 340 g/mol. The van der Waals surface area contributed by atoms with E-state index in [-0.39, 0.29) is 11.9 Å². The molecule has 25 heavy (non-hydrogen) atoms. The Labute approximate surface area is 150 Å². The van der Waals surface area contributed by atoms with E-state index >= 15 is 0 Å². The molecule has 4 nitrogen and oxygen atoms in total. The maximum Gasteiger partial charge on any atom is 0.257 e. The molecule has 2 aromatic rings. The Morgan fingerprint density at radius 1 is 1.16 bits per heavy atom. The van der Waals surface area contributed by atoms with Crippen LogP contribution in [0.25, 0.3) is 0 Å². The maximum absolute atomic E-state index is 12.7. The van der Waals surface area contributed by atoms with Crippen LogP contribution in [0.5, 0.6) is 0 Å². The van der Waals surface area contributed by atoms with Gasteiger partial charge in [-0.1, -0.05) is 30.3 Å². The fourth-order valence-electron chi connectivity index (χ4n) is 3.65. The number of carbonyl (C=O) groups is 1. The van der Waals surface area contributed by atoms with Gasteiger partial charge in [0.25, 0.3) is 5.91 Å². The fourth-order valence-corrected chi connectivity index (χ4v) is 3.65. The van der Waals surface area contributed by atoms with Crippen LogP contribution in [-0.4, -0.2) is 47.4 Å². The lowest BCUT2D eigenvalue weighted by Gasteiger charge is -2.44. The summed E-state index contributed by atoms with van der Waals surface area (Å²) in [7, 11) is 0. The number of nitrogens with zero attached hydrogens (tertiary/aromatic N) is 2. The van der Waals surface area contributed by atoms with Crippen LogP contribution in [0.15, 0.2) is 47.1 Å². The Balaban J connectivity index is 1.54. The molecule has 2 atom stereocenters. The first kappa shape index (κ1) is 17.7. The quantitative estimate of drug-likeness (QED) is 0.832. The molecule has 0 bridgehead atoms. The van der Waals surface area contributed by atoms with Gasteiger partial charge in [-0.25, -0.2) is 0 Å². The molecule has 0 N–H and O–H groups in total. The molecule has 1 aliphatic rings. The Bertz CT molecular complexity index is 695. The molecule has 0 radical (unpaired) electrons. The zero-order chi connectivity index (χ0) is 17.8. The Morgan fingerprint density at radius 3 is 2.60 bits per heavy atom. The third-order valence-electron chi connectivity index (χ3n) is 5.11. The molecule has 1 saturated heterocycles. The lowest BCUT2D eigenvalue weighted by Crippen LogP contribution is -2.58. The first-order valence-electron chi connectivity index (χ1n) is 9.18. The Morgan fingerprint density at radius 2 is 1.92 bits per heavy atom. The molecule has 1 amide bonds. The third-order valence-corrected chi connectivity index (χ3v) is 5.11. The number of piperazine rings is 1. The average Bonchev–Trinajstić information content (AvgIpc) is 3.04. The summed E-state index contributed by atoms with van der Waals surface area (Å²) in [5.41, 5.74) is 2.06. The van der Waals surface area contributed by atoms with Crippen molar-refractivity contribution in [1.29, 1.82) is 0 Å². The van der Waals surface area contributed by atoms with Gasteiger partial charge >= 0.3 is 0 Å². The van der Waals surface area contributed by atoms with Gasteiger partial charge in [0.1, 0.15) is 12.0 Å². The summed E-state index contributed by atoms with van der Waals surface area (Å²) >= 11 is 0. The van der Waals surface area contributed by atoms with Crippen LogP contribution in [-0.2, 0) is 6.42 Å². The predicted molar refractivity (Wildman–Crippen MR) is 99.7 cm³/mol. The number of hydrogen-bond acceptors (Lipinski definition) is 3. The van der Waals surface area contributed by atoms with Crippen LogP contribution in [0.1, 0.15) is 41.9 Å². The highest BCUT2D eigenvalue weighted by Crippen LogP contribution is 2.20. The largest absolute Gasteiger partial charge is 0.469 e. The van der Waals surface area contributed by atoms with E-state index < -0.39 is 0 Å². The van der Waals surface area contributed by atoms with Gasteiger partial charge in [-0.05, 0) is 51.8 Å². The van der Waals surface area contributed by atoms with Crippen LogP contribution in [0.3, 0.4) is 0 Å². The minimum Gasteiger partial charge on any atom is -0.469 e. The third kappa shape index (κ3) is 4.31. The van der Waals surface area contributed by atoms with Gasteiger partial charge in [0.05, 0.1) is 5.56 Å². The standard InChI is InChI=1S/C21H28N2O2/c1-16-14-23(21(24)20-12-18(3)25-15-20)17(2)13-22(16)11-7-10-19-8-5-4-6-9-19/h4-6,8-9,12,15-17H,7,10-11,13-14H2,1-3H3/t16-,17+/m0/s1. The zero-order valence-electron chi connectivity index (χ0n) is 15.4. The first-order valence-corrected chi connectivity index (χ1v) is 9.18. The lowest BCUT2D eigenvalue weighted by molar-refractivity contribution is 0.0314. The number of hydrogen-bond donors (Lipinski definition) is 0. The van der Waals surface area contributed by atoms with Crippen LogP contribution < -0.4 is 0 Å². The van der Waals surface area contributed by atoms with Crippen molar-refractivity contribution in [3.8, 4) is 0 Å². The van der Waals surface area contributed by atoms with Crippen molar-refractivity contribution in [3.05, 3.63) is 59.5 Å². The monoisotopic (exact) mass is 340 g/mol. The molecule has 134 valence electrons. The van der Waals surface area contributed by atoms with Crippen LogP contribution >= 0.6 is 0 Å². The lowest BCUT2D eigenvalue weighted by atomic mass is 10.1. The second-order valence-electron chi connectivity index (χ2n) is 7.19. The van der Waals surface area contributed by atoms with E-state index in [9.17, 15) is 4.79 Å². The maximum atomic E-state index is 12.7. The molecule has 4 heteroatoms. The summed E-state index contributed by atoms with van der Waals surface area (Å²) in [5, 5.41) is 0. The van der Waals surface area contributed by atoms with Crippen LogP contribution in [0.2, 0.25) is 0 Å².